The molecule has 0 N–H and O–H groups in total. The van der Waals surface area contributed by atoms with Gasteiger partial charge in [-0.25, -0.2) is 4.98 Å². The molecule has 1 aromatic heterocycles. The maximum atomic E-state index is 12.7. The van der Waals surface area contributed by atoms with Crippen molar-refractivity contribution in [2.24, 2.45) is 0 Å². The molecule has 2 rings (SSSR count). The molecule has 0 bridgehead atoms. The smallest absolute Gasteiger partial charge is 0.225 e. The van der Waals surface area contributed by atoms with Crippen LogP contribution in [-0.2, 0) is 19.0 Å². The molecule has 1 heterocycles. The van der Waals surface area contributed by atoms with E-state index >= 15 is 0 Å². The number of hydrogen-bond acceptors (Lipinski definition) is 1. The second kappa shape index (κ2) is 2.93. The van der Waals surface area contributed by atoms with Crippen molar-refractivity contribution < 1.29 is 17.6 Å². The number of halogens is 4. The SMILES string of the molecule is Fc1cc(C(F)(F)F)c2c(n1)CCC2. The number of nitrogens with zero attached hydrogens (tertiary/aromatic N) is 1. The lowest BCUT2D eigenvalue weighted by molar-refractivity contribution is -0.138. The summed E-state index contributed by atoms with van der Waals surface area (Å²) in [4.78, 5) is 3.46. The Morgan fingerprint density at radius 3 is 2.57 bits per heavy atom. The fourth-order valence-corrected chi connectivity index (χ4v) is 1.76. The van der Waals surface area contributed by atoms with Crippen LogP contribution < -0.4 is 0 Å². The third-order valence-electron chi connectivity index (χ3n) is 2.32. The zero-order valence-electron chi connectivity index (χ0n) is 7.16. The normalized spacial score (nSPS) is 15.7. The van der Waals surface area contributed by atoms with Crippen molar-refractivity contribution in [3.05, 3.63) is 28.8 Å². The lowest BCUT2D eigenvalue weighted by atomic mass is 10.1. The van der Waals surface area contributed by atoms with Gasteiger partial charge in [0.15, 0.2) is 0 Å². The molecule has 1 aliphatic carbocycles. The Kier molecular flexibility index (Phi) is 1.97. The van der Waals surface area contributed by atoms with Gasteiger partial charge in [-0.15, -0.1) is 0 Å². The summed E-state index contributed by atoms with van der Waals surface area (Å²) >= 11 is 0. The van der Waals surface area contributed by atoms with E-state index in [0.29, 0.717) is 25.3 Å². The third kappa shape index (κ3) is 1.47. The maximum absolute atomic E-state index is 12.7. The molecule has 0 aliphatic heterocycles. The molecule has 0 aromatic carbocycles. The minimum atomic E-state index is -4.47. The number of hydrogen-bond donors (Lipinski definition) is 0. The van der Waals surface area contributed by atoms with Crippen LogP contribution >= 0.6 is 0 Å². The minimum Gasteiger partial charge on any atom is -0.225 e. The number of alkyl halides is 3. The van der Waals surface area contributed by atoms with Crippen molar-refractivity contribution in [1.29, 1.82) is 0 Å². The highest BCUT2D eigenvalue weighted by molar-refractivity contribution is 5.35. The molecule has 1 nitrogen and oxygen atoms in total. The van der Waals surface area contributed by atoms with Crippen LogP contribution in [0.4, 0.5) is 17.6 Å². The lowest BCUT2D eigenvalue weighted by Crippen LogP contribution is -2.11. The summed E-state index contributed by atoms with van der Waals surface area (Å²) < 4.78 is 50.0. The summed E-state index contributed by atoms with van der Waals surface area (Å²) in [5.41, 5.74) is -0.436. The van der Waals surface area contributed by atoms with Gasteiger partial charge >= 0.3 is 6.18 Å². The molecule has 0 atom stereocenters. The summed E-state index contributed by atoms with van der Waals surface area (Å²) in [5, 5.41) is 0. The Hall–Kier alpha value is -1.13. The van der Waals surface area contributed by atoms with Crippen molar-refractivity contribution in [2.45, 2.75) is 25.4 Å². The number of aromatic nitrogens is 1. The highest BCUT2D eigenvalue weighted by Gasteiger charge is 2.36. The predicted octanol–water partition coefficient (Wildman–Crippen LogP) is 2.73. The lowest BCUT2D eigenvalue weighted by Gasteiger charge is -2.11. The van der Waals surface area contributed by atoms with E-state index in [9.17, 15) is 17.6 Å². The van der Waals surface area contributed by atoms with E-state index in [1.54, 1.807) is 0 Å². The molecule has 0 spiro atoms. The van der Waals surface area contributed by atoms with Crippen molar-refractivity contribution in [3.8, 4) is 0 Å². The van der Waals surface area contributed by atoms with Crippen LogP contribution in [0.1, 0.15) is 23.2 Å². The number of aryl methyl sites for hydroxylation is 1. The molecule has 0 saturated carbocycles. The van der Waals surface area contributed by atoms with Crippen molar-refractivity contribution in [1.82, 2.24) is 4.98 Å². The molecule has 1 aromatic rings. The van der Waals surface area contributed by atoms with Crippen molar-refractivity contribution in [2.75, 3.05) is 0 Å². The predicted molar refractivity (Wildman–Crippen MR) is 41.2 cm³/mol. The summed E-state index contributed by atoms with van der Waals surface area (Å²) in [5.74, 6) is -1.04. The standard InChI is InChI=1S/C9H7F4N/c10-8-4-6(9(11,12)13)5-2-1-3-7(5)14-8/h4H,1-3H2. The molecule has 14 heavy (non-hydrogen) atoms. The second-order valence-corrected chi connectivity index (χ2v) is 3.27. The Morgan fingerprint density at radius 2 is 1.93 bits per heavy atom. The first kappa shape index (κ1) is 9.43. The van der Waals surface area contributed by atoms with Crippen LogP contribution in [0, 0.1) is 5.95 Å². The quantitative estimate of drug-likeness (QED) is 0.468. The first-order chi connectivity index (χ1) is 6.48. The highest BCUT2D eigenvalue weighted by atomic mass is 19.4. The van der Waals surface area contributed by atoms with E-state index in [0.717, 1.165) is 0 Å². The van der Waals surface area contributed by atoms with Gasteiger partial charge in [0.2, 0.25) is 5.95 Å². The Bertz CT molecular complexity index is 370. The third-order valence-corrected chi connectivity index (χ3v) is 2.32. The largest absolute Gasteiger partial charge is 0.416 e. The van der Waals surface area contributed by atoms with Crippen molar-refractivity contribution >= 4 is 0 Å². The monoisotopic (exact) mass is 205 g/mol. The Morgan fingerprint density at radius 1 is 1.21 bits per heavy atom. The van der Waals surface area contributed by atoms with Crippen LogP contribution in [0.15, 0.2) is 6.07 Å². The van der Waals surface area contributed by atoms with Crippen LogP contribution in [0.2, 0.25) is 0 Å². The Balaban J connectivity index is 2.60. The van der Waals surface area contributed by atoms with E-state index in [1.807, 2.05) is 0 Å². The first-order valence-electron chi connectivity index (χ1n) is 4.24. The highest BCUT2D eigenvalue weighted by Crippen LogP contribution is 2.36. The molecule has 0 fully saturated rings. The molecule has 1 aliphatic rings. The van der Waals surface area contributed by atoms with Gasteiger partial charge < -0.3 is 0 Å². The van der Waals surface area contributed by atoms with Gasteiger partial charge in [-0.1, -0.05) is 0 Å². The van der Waals surface area contributed by atoms with Crippen LogP contribution in [0.3, 0.4) is 0 Å². The van der Waals surface area contributed by atoms with E-state index in [4.69, 9.17) is 0 Å². The summed E-state index contributed by atoms with van der Waals surface area (Å²) in [6, 6.07) is 0.476. The van der Waals surface area contributed by atoms with E-state index < -0.39 is 17.7 Å². The molecular formula is C9H7F4N. The zero-order chi connectivity index (χ0) is 10.3. The summed E-state index contributed by atoms with van der Waals surface area (Å²) in [6.45, 7) is 0. The first-order valence-corrected chi connectivity index (χ1v) is 4.24. The van der Waals surface area contributed by atoms with Gasteiger partial charge in [-0.05, 0) is 24.8 Å². The fourth-order valence-electron chi connectivity index (χ4n) is 1.76. The maximum Gasteiger partial charge on any atom is 0.416 e. The van der Waals surface area contributed by atoms with Crippen LogP contribution in [0.5, 0.6) is 0 Å². The van der Waals surface area contributed by atoms with E-state index in [1.165, 1.54) is 0 Å². The van der Waals surface area contributed by atoms with E-state index in [2.05, 4.69) is 4.98 Å². The van der Waals surface area contributed by atoms with Gasteiger partial charge in [-0.2, -0.15) is 17.6 Å². The van der Waals surface area contributed by atoms with Gasteiger partial charge in [0.1, 0.15) is 0 Å². The molecule has 76 valence electrons. The topological polar surface area (TPSA) is 12.9 Å². The fraction of sp³-hybridized carbons (Fsp3) is 0.444. The van der Waals surface area contributed by atoms with Crippen molar-refractivity contribution in [3.63, 3.8) is 0 Å². The summed E-state index contributed by atoms with van der Waals surface area (Å²) in [6.07, 6.45) is -3.07. The molecule has 0 unspecified atom stereocenters. The van der Waals surface area contributed by atoms with Gasteiger partial charge in [0.25, 0.3) is 0 Å². The Labute approximate surface area is 77.8 Å². The van der Waals surface area contributed by atoms with Crippen LogP contribution in [0.25, 0.3) is 0 Å². The molecule has 5 heteroatoms. The zero-order valence-corrected chi connectivity index (χ0v) is 7.16. The van der Waals surface area contributed by atoms with Gasteiger partial charge in [0, 0.05) is 11.8 Å². The van der Waals surface area contributed by atoms with E-state index in [-0.39, 0.29) is 11.3 Å². The average Bonchev–Trinajstić information content (AvgIpc) is 2.47. The number of rotatable bonds is 0. The molecular weight excluding hydrogens is 198 g/mol. The minimum absolute atomic E-state index is 0.166. The van der Waals surface area contributed by atoms with Crippen LogP contribution in [-0.4, -0.2) is 4.98 Å². The second-order valence-electron chi connectivity index (χ2n) is 3.27. The average molecular weight is 205 g/mol. The molecule has 0 saturated heterocycles. The molecule has 0 amide bonds. The van der Waals surface area contributed by atoms with Gasteiger partial charge in [0.05, 0.1) is 5.56 Å². The summed E-state index contributed by atoms with van der Waals surface area (Å²) in [7, 11) is 0. The number of fused-ring (bicyclic) bond motifs is 1. The van der Waals surface area contributed by atoms with Gasteiger partial charge in [-0.3, -0.25) is 0 Å². The number of pyridine rings is 1. The molecule has 0 radical (unpaired) electrons.